The number of aliphatic hydroxyl groups excluding tert-OH is 1. The van der Waals surface area contributed by atoms with E-state index in [1.54, 1.807) is 25.7 Å². The summed E-state index contributed by atoms with van der Waals surface area (Å²) >= 11 is 0. The number of benzene rings is 1. The van der Waals surface area contributed by atoms with Crippen LogP contribution < -0.4 is 4.90 Å². The predicted molar refractivity (Wildman–Crippen MR) is 90.1 cm³/mol. The van der Waals surface area contributed by atoms with E-state index in [-0.39, 0.29) is 5.91 Å². The van der Waals surface area contributed by atoms with Crippen molar-refractivity contribution in [2.45, 2.75) is 57.7 Å². The Kier molecular flexibility index (Phi) is 4.03. The molecule has 130 valence electrons. The van der Waals surface area contributed by atoms with Gasteiger partial charge in [0.25, 0.3) is 0 Å². The fraction of sp³-hybridized carbons (Fsp3) is 0.556. The van der Waals surface area contributed by atoms with E-state index in [9.17, 15) is 19.8 Å². The molecule has 2 atom stereocenters. The SMILES string of the molecule is CC(C)(C)N(C(=O)O)C1CCN(c2ccc3c(c2)CCC3O)C1=O. The lowest BCUT2D eigenvalue weighted by molar-refractivity contribution is -0.122. The summed E-state index contributed by atoms with van der Waals surface area (Å²) in [6, 6.07) is 5.02. The molecule has 0 spiro atoms. The molecule has 24 heavy (non-hydrogen) atoms. The number of hydrogen-bond donors (Lipinski definition) is 2. The van der Waals surface area contributed by atoms with Crippen molar-refractivity contribution in [2.75, 3.05) is 11.4 Å². The van der Waals surface area contributed by atoms with Crippen LogP contribution in [-0.2, 0) is 11.2 Å². The molecule has 1 heterocycles. The van der Waals surface area contributed by atoms with E-state index < -0.39 is 23.8 Å². The normalized spacial score (nSPS) is 23.5. The highest BCUT2D eigenvalue weighted by atomic mass is 16.4. The van der Waals surface area contributed by atoms with Crippen LogP contribution in [0.3, 0.4) is 0 Å². The second kappa shape index (κ2) is 5.77. The summed E-state index contributed by atoms with van der Waals surface area (Å²) in [5.41, 5.74) is 2.16. The van der Waals surface area contributed by atoms with E-state index in [2.05, 4.69) is 0 Å². The minimum atomic E-state index is -1.07. The van der Waals surface area contributed by atoms with Crippen LogP contribution in [0.1, 0.15) is 50.8 Å². The first-order chi connectivity index (χ1) is 11.2. The highest BCUT2D eigenvalue weighted by molar-refractivity contribution is 6.01. The summed E-state index contributed by atoms with van der Waals surface area (Å²) in [7, 11) is 0. The number of fused-ring (bicyclic) bond motifs is 1. The van der Waals surface area contributed by atoms with Crippen molar-refractivity contribution in [3.05, 3.63) is 29.3 Å². The maximum Gasteiger partial charge on any atom is 0.408 e. The topological polar surface area (TPSA) is 81.1 Å². The molecular weight excluding hydrogens is 308 g/mol. The number of anilines is 1. The molecule has 1 aromatic rings. The van der Waals surface area contributed by atoms with Crippen LogP contribution in [0.4, 0.5) is 10.5 Å². The number of aliphatic hydroxyl groups is 1. The average molecular weight is 332 g/mol. The third-order valence-corrected chi connectivity index (χ3v) is 4.90. The van der Waals surface area contributed by atoms with Crippen molar-refractivity contribution in [3.63, 3.8) is 0 Å². The first kappa shape index (κ1) is 16.8. The van der Waals surface area contributed by atoms with E-state index in [1.807, 2.05) is 18.2 Å². The Morgan fingerprint density at radius 2 is 2.00 bits per heavy atom. The smallest absolute Gasteiger partial charge is 0.408 e. The number of amides is 2. The number of rotatable bonds is 2. The Morgan fingerprint density at radius 1 is 1.29 bits per heavy atom. The largest absolute Gasteiger partial charge is 0.465 e. The van der Waals surface area contributed by atoms with E-state index in [4.69, 9.17) is 0 Å². The van der Waals surface area contributed by atoms with Crippen molar-refractivity contribution >= 4 is 17.7 Å². The maximum atomic E-state index is 12.8. The molecule has 2 unspecified atom stereocenters. The lowest BCUT2D eigenvalue weighted by atomic mass is 10.0. The van der Waals surface area contributed by atoms with Gasteiger partial charge in [-0.1, -0.05) is 6.07 Å². The average Bonchev–Trinajstić information content (AvgIpc) is 3.02. The third-order valence-electron chi connectivity index (χ3n) is 4.90. The molecule has 1 aliphatic carbocycles. The first-order valence-electron chi connectivity index (χ1n) is 8.34. The highest BCUT2D eigenvalue weighted by Gasteiger charge is 2.43. The predicted octanol–water partition coefficient (Wildman–Crippen LogP) is 2.55. The Bertz CT molecular complexity index is 680. The number of carboxylic acid groups (broad SMARTS) is 1. The van der Waals surface area contributed by atoms with E-state index in [1.165, 1.54) is 4.90 Å². The lowest BCUT2D eigenvalue weighted by Crippen LogP contribution is -2.54. The number of carbonyl (C=O) groups excluding carboxylic acids is 1. The quantitative estimate of drug-likeness (QED) is 0.872. The maximum absolute atomic E-state index is 12.8. The number of carbonyl (C=O) groups is 2. The fourth-order valence-electron chi connectivity index (χ4n) is 3.80. The van der Waals surface area contributed by atoms with Crippen molar-refractivity contribution < 1.29 is 19.8 Å². The van der Waals surface area contributed by atoms with Crippen molar-refractivity contribution in [2.24, 2.45) is 0 Å². The summed E-state index contributed by atoms with van der Waals surface area (Å²) < 4.78 is 0. The second-order valence-electron chi connectivity index (χ2n) is 7.56. The molecule has 1 fully saturated rings. The van der Waals surface area contributed by atoms with Crippen molar-refractivity contribution in [1.29, 1.82) is 0 Å². The van der Waals surface area contributed by atoms with Gasteiger partial charge in [-0.25, -0.2) is 4.79 Å². The van der Waals surface area contributed by atoms with E-state index in [0.29, 0.717) is 19.4 Å². The molecule has 1 aliphatic heterocycles. The molecule has 1 saturated heterocycles. The number of aryl methyl sites for hydroxylation is 1. The van der Waals surface area contributed by atoms with Gasteiger partial charge in [0, 0.05) is 17.8 Å². The Labute approximate surface area is 141 Å². The molecule has 2 aliphatic rings. The van der Waals surface area contributed by atoms with Gasteiger partial charge in [0.1, 0.15) is 6.04 Å². The lowest BCUT2D eigenvalue weighted by Gasteiger charge is -2.36. The zero-order valence-electron chi connectivity index (χ0n) is 14.3. The molecular formula is C18H24N2O4. The van der Waals surface area contributed by atoms with Crippen LogP contribution in [0.2, 0.25) is 0 Å². The molecule has 0 saturated carbocycles. The minimum absolute atomic E-state index is 0.175. The molecule has 0 radical (unpaired) electrons. The molecule has 2 N–H and O–H groups in total. The van der Waals surface area contributed by atoms with Crippen LogP contribution in [0, 0.1) is 0 Å². The van der Waals surface area contributed by atoms with E-state index >= 15 is 0 Å². The number of nitrogens with zero attached hydrogens (tertiary/aromatic N) is 2. The molecule has 1 aromatic carbocycles. The van der Waals surface area contributed by atoms with Crippen LogP contribution in [0.5, 0.6) is 0 Å². The van der Waals surface area contributed by atoms with Gasteiger partial charge in [0.2, 0.25) is 5.91 Å². The zero-order chi connectivity index (χ0) is 17.6. The monoisotopic (exact) mass is 332 g/mol. The van der Waals surface area contributed by atoms with Gasteiger partial charge in [0.05, 0.1) is 6.10 Å². The Balaban J connectivity index is 1.85. The van der Waals surface area contributed by atoms with Gasteiger partial charge >= 0.3 is 6.09 Å². The highest BCUT2D eigenvalue weighted by Crippen LogP contribution is 2.35. The molecule has 6 heteroatoms. The van der Waals surface area contributed by atoms with Gasteiger partial charge in [-0.05, 0) is 63.3 Å². The number of hydrogen-bond acceptors (Lipinski definition) is 3. The Morgan fingerprint density at radius 3 is 2.62 bits per heavy atom. The summed E-state index contributed by atoms with van der Waals surface area (Å²) in [6.07, 6.45) is 0.520. The summed E-state index contributed by atoms with van der Waals surface area (Å²) in [5, 5.41) is 19.4. The van der Waals surface area contributed by atoms with Gasteiger partial charge in [0.15, 0.2) is 0 Å². The minimum Gasteiger partial charge on any atom is -0.465 e. The standard InChI is InChI=1S/C18H24N2O4/c1-18(2,3)20(17(23)24)14-8-9-19(16(14)22)12-5-6-13-11(10-12)4-7-15(13)21/h5-6,10,14-15,21H,4,7-9H2,1-3H3,(H,23,24). The summed E-state index contributed by atoms with van der Waals surface area (Å²) in [5.74, 6) is -0.175. The Hall–Kier alpha value is -2.08. The van der Waals surface area contributed by atoms with Crippen LogP contribution in [0.15, 0.2) is 18.2 Å². The van der Waals surface area contributed by atoms with Gasteiger partial charge in [-0.3, -0.25) is 9.69 Å². The summed E-state index contributed by atoms with van der Waals surface area (Å²) in [4.78, 5) is 27.4. The third kappa shape index (κ3) is 2.75. The van der Waals surface area contributed by atoms with Crippen molar-refractivity contribution in [1.82, 2.24) is 4.90 Å². The van der Waals surface area contributed by atoms with Crippen molar-refractivity contribution in [3.8, 4) is 0 Å². The van der Waals surface area contributed by atoms with Crippen LogP contribution in [-0.4, -0.2) is 45.2 Å². The zero-order valence-corrected chi connectivity index (χ0v) is 14.3. The molecule has 0 bridgehead atoms. The molecule has 3 rings (SSSR count). The first-order valence-corrected chi connectivity index (χ1v) is 8.34. The fourth-order valence-corrected chi connectivity index (χ4v) is 3.80. The molecule has 6 nitrogen and oxygen atoms in total. The molecule has 0 aromatic heterocycles. The van der Waals surface area contributed by atoms with Gasteiger partial charge < -0.3 is 15.1 Å². The second-order valence-corrected chi connectivity index (χ2v) is 7.56. The van der Waals surface area contributed by atoms with Crippen LogP contribution in [0.25, 0.3) is 0 Å². The summed E-state index contributed by atoms with van der Waals surface area (Å²) in [6.45, 7) is 5.90. The van der Waals surface area contributed by atoms with Gasteiger partial charge in [-0.2, -0.15) is 0 Å². The molecule has 2 amide bonds. The van der Waals surface area contributed by atoms with E-state index in [0.717, 1.165) is 23.2 Å². The van der Waals surface area contributed by atoms with Gasteiger partial charge in [-0.15, -0.1) is 0 Å². The van der Waals surface area contributed by atoms with Crippen LogP contribution >= 0.6 is 0 Å².